The van der Waals surface area contributed by atoms with Crippen LogP contribution >= 0.6 is 0 Å². The summed E-state index contributed by atoms with van der Waals surface area (Å²) in [6.45, 7) is 12.4. The van der Waals surface area contributed by atoms with Crippen LogP contribution in [0.25, 0.3) is 0 Å². The van der Waals surface area contributed by atoms with Crippen molar-refractivity contribution in [3.8, 4) is 0 Å². The zero-order valence-electron chi connectivity index (χ0n) is 14.4. The van der Waals surface area contributed by atoms with Crippen LogP contribution in [0.4, 0.5) is 0 Å². The summed E-state index contributed by atoms with van der Waals surface area (Å²) in [6, 6.07) is 0.999. The van der Waals surface area contributed by atoms with E-state index >= 15 is 0 Å². The van der Waals surface area contributed by atoms with Crippen LogP contribution in [-0.4, -0.2) is 92.8 Å². The smallest absolute Gasteiger partial charge is 0.211 e. The summed E-state index contributed by atoms with van der Waals surface area (Å²) in [4.78, 5) is 4.86. The van der Waals surface area contributed by atoms with Crippen molar-refractivity contribution < 1.29 is 13.2 Å². The quantitative estimate of drug-likeness (QED) is 0.731. The van der Waals surface area contributed by atoms with E-state index < -0.39 is 10.0 Å². The van der Waals surface area contributed by atoms with Crippen molar-refractivity contribution in [2.45, 2.75) is 45.4 Å². The molecule has 2 aliphatic heterocycles. The molecule has 2 fully saturated rings. The molecule has 0 spiro atoms. The molecule has 2 rings (SSSR count). The van der Waals surface area contributed by atoms with E-state index in [0.29, 0.717) is 31.3 Å². The lowest BCUT2D eigenvalue weighted by Gasteiger charge is -2.40. The molecule has 0 saturated carbocycles. The first kappa shape index (κ1) is 18.1. The molecule has 2 atom stereocenters. The van der Waals surface area contributed by atoms with Gasteiger partial charge in [0.25, 0.3) is 0 Å². The molecule has 6 nitrogen and oxygen atoms in total. The molecule has 0 radical (unpaired) electrons. The van der Waals surface area contributed by atoms with Gasteiger partial charge in [-0.15, -0.1) is 0 Å². The zero-order chi connectivity index (χ0) is 16.3. The highest BCUT2D eigenvalue weighted by molar-refractivity contribution is 7.88. The first-order valence-electron chi connectivity index (χ1n) is 8.32. The van der Waals surface area contributed by atoms with E-state index in [1.54, 1.807) is 4.31 Å². The number of hydrogen-bond acceptors (Lipinski definition) is 5. The number of piperazine rings is 1. The Morgan fingerprint density at radius 3 is 2.23 bits per heavy atom. The molecule has 0 aliphatic carbocycles. The number of nitrogens with zero attached hydrogens (tertiary/aromatic N) is 3. The Labute approximate surface area is 135 Å². The van der Waals surface area contributed by atoms with Crippen molar-refractivity contribution in [2.75, 3.05) is 52.1 Å². The second kappa shape index (κ2) is 7.57. The number of hydrogen-bond donors (Lipinski definition) is 0. The Morgan fingerprint density at radius 2 is 1.68 bits per heavy atom. The highest BCUT2D eigenvalue weighted by atomic mass is 32.2. The maximum atomic E-state index is 11.6. The van der Waals surface area contributed by atoms with Crippen molar-refractivity contribution in [2.24, 2.45) is 0 Å². The van der Waals surface area contributed by atoms with Crippen LogP contribution in [0.3, 0.4) is 0 Å². The number of sulfonamides is 1. The summed E-state index contributed by atoms with van der Waals surface area (Å²) in [6.07, 6.45) is 2.60. The first-order valence-corrected chi connectivity index (χ1v) is 10.2. The van der Waals surface area contributed by atoms with Crippen molar-refractivity contribution in [3.05, 3.63) is 0 Å². The molecule has 0 aromatic rings. The second-order valence-electron chi connectivity index (χ2n) is 6.86. The maximum Gasteiger partial charge on any atom is 0.211 e. The molecular weight excluding hydrogens is 302 g/mol. The van der Waals surface area contributed by atoms with E-state index in [4.69, 9.17) is 4.74 Å². The molecule has 2 heterocycles. The van der Waals surface area contributed by atoms with E-state index in [-0.39, 0.29) is 0 Å². The zero-order valence-corrected chi connectivity index (χ0v) is 15.2. The minimum atomic E-state index is -3.04. The van der Waals surface area contributed by atoms with Crippen molar-refractivity contribution in [1.82, 2.24) is 14.1 Å². The molecule has 0 N–H and O–H groups in total. The monoisotopic (exact) mass is 333 g/mol. The van der Waals surface area contributed by atoms with E-state index in [2.05, 4.69) is 30.6 Å². The normalized spacial score (nSPS) is 28.1. The molecule has 0 aromatic heterocycles. The highest BCUT2D eigenvalue weighted by Gasteiger charge is 2.29. The van der Waals surface area contributed by atoms with Crippen molar-refractivity contribution >= 4 is 10.0 Å². The number of ether oxygens (including phenoxy) is 1. The predicted molar refractivity (Wildman–Crippen MR) is 88.5 cm³/mol. The summed E-state index contributed by atoms with van der Waals surface area (Å²) in [7, 11) is -3.04. The van der Waals surface area contributed by atoms with Gasteiger partial charge < -0.3 is 4.74 Å². The van der Waals surface area contributed by atoms with Crippen LogP contribution in [0.1, 0.15) is 27.2 Å². The van der Waals surface area contributed by atoms with Crippen LogP contribution in [0.5, 0.6) is 0 Å². The summed E-state index contributed by atoms with van der Waals surface area (Å²) in [5.74, 6) is 0. The maximum absolute atomic E-state index is 11.6. The van der Waals surface area contributed by atoms with Gasteiger partial charge in [-0.05, 0) is 27.2 Å². The summed E-state index contributed by atoms with van der Waals surface area (Å²) in [5.41, 5.74) is 0. The molecule has 22 heavy (non-hydrogen) atoms. The molecule has 7 heteroatoms. The number of morpholine rings is 1. The van der Waals surface area contributed by atoms with Gasteiger partial charge in [0.05, 0.1) is 19.0 Å². The summed E-state index contributed by atoms with van der Waals surface area (Å²) in [5, 5.41) is 0. The average Bonchev–Trinajstić information content (AvgIpc) is 2.46. The van der Waals surface area contributed by atoms with Crippen LogP contribution in [0, 0.1) is 0 Å². The molecule has 0 bridgehead atoms. The third kappa shape index (κ3) is 4.89. The van der Waals surface area contributed by atoms with Gasteiger partial charge in [-0.1, -0.05) is 0 Å². The predicted octanol–water partition coefficient (Wildman–Crippen LogP) is 0.451. The fourth-order valence-electron chi connectivity index (χ4n) is 3.36. The van der Waals surface area contributed by atoms with Gasteiger partial charge >= 0.3 is 0 Å². The lowest BCUT2D eigenvalue weighted by Crippen LogP contribution is -2.53. The molecule has 2 aliphatic rings. The Kier molecular flexibility index (Phi) is 6.24. The molecular formula is C15H31N3O3S. The van der Waals surface area contributed by atoms with Crippen LogP contribution in [0.15, 0.2) is 0 Å². The number of rotatable bonds is 5. The Morgan fingerprint density at radius 1 is 1.05 bits per heavy atom. The highest BCUT2D eigenvalue weighted by Crippen LogP contribution is 2.17. The molecule has 130 valence electrons. The van der Waals surface area contributed by atoms with Gasteiger partial charge in [-0.25, -0.2) is 8.42 Å². The largest absolute Gasteiger partial charge is 0.375 e. The first-order chi connectivity index (χ1) is 10.3. The van der Waals surface area contributed by atoms with Gasteiger partial charge in [-0.2, -0.15) is 4.31 Å². The Bertz CT molecular complexity index is 447. The van der Waals surface area contributed by atoms with Gasteiger partial charge in [0, 0.05) is 51.4 Å². The van der Waals surface area contributed by atoms with Gasteiger partial charge in [0.15, 0.2) is 0 Å². The fourth-order valence-corrected chi connectivity index (χ4v) is 4.19. The Hall–Kier alpha value is -0.210. The molecule has 2 unspecified atom stereocenters. The van der Waals surface area contributed by atoms with Gasteiger partial charge in [0.2, 0.25) is 10.0 Å². The minimum absolute atomic E-state index is 0.291. The molecule has 2 saturated heterocycles. The summed E-state index contributed by atoms with van der Waals surface area (Å²) >= 11 is 0. The Balaban J connectivity index is 1.79. The average molecular weight is 333 g/mol. The van der Waals surface area contributed by atoms with E-state index in [1.807, 2.05) is 0 Å². The lowest BCUT2D eigenvalue weighted by atomic mass is 10.1. The lowest BCUT2D eigenvalue weighted by molar-refractivity contribution is -0.0527. The second-order valence-corrected chi connectivity index (χ2v) is 8.85. The molecule has 0 amide bonds. The van der Waals surface area contributed by atoms with Crippen molar-refractivity contribution in [3.63, 3.8) is 0 Å². The van der Waals surface area contributed by atoms with Gasteiger partial charge in [0.1, 0.15) is 0 Å². The standard InChI is InChI=1S/C15H31N3O3S/c1-13(2)17-9-10-21-15(12-17)11-14(3)16-5-7-18(8-6-16)22(4,19)20/h13-15H,5-12H2,1-4H3. The van der Waals surface area contributed by atoms with Crippen molar-refractivity contribution in [1.29, 1.82) is 0 Å². The van der Waals surface area contributed by atoms with Crippen LogP contribution in [0.2, 0.25) is 0 Å². The van der Waals surface area contributed by atoms with E-state index in [9.17, 15) is 8.42 Å². The minimum Gasteiger partial charge on any atom is -0.375 e. The summed E-state index contributed by atoms with van der Waals surface area (Å²) < 4.78 is 30.6. The van der Waals surface area contributed by atoms with Crippen LogP contribution in [-0.2, 0) is 14.8 Å². The van der Waals surface area contributed by atoms with Crippen LogP contribution < -0.4 is 0 Å². The van der Waals surface area contributed by atoms with Gasteiger partial charge in [-0.3, -0.25) is 9.80 Å². The van der Waals surface area contributed by atoms with E-state index in [1.165, 1.54) is 6.26 Å². The van der Waals surface area contributed by atoms with E-state index in [0.717, 1.165) is 39.2 Å². The fraction of sp³-hybridized carbons (Fsp3) is 1.00. The topological polar surface area (TPSA) is 53.1 Å². The SMILES string of the molecule is CC(C)N1CCOC(CC(C)N2CCN(S(C)(=O)=O)CC2)C1. The third-order valence-electron chi connectivity index (χ3n) is 4.87. The third-order valence-corrected chi connectivity index (χ3v) is 6.17. The molecule has 0 aromatic carbocycles.